The molecule has 1 heterocycles. The van der Waals surface area contributed by atoms with E-state index >= 15 is 0 Å². The monoisotopic (exact) mass is 295 g/mol. The summed E-state index contributed by atoms with van der Waals surface area (Å²) in [6.07, 6.45) is 0.496. The van der Waals surface area contributed by atoms with Gasteiger partial charge in [0, 0.05) is 5.39 Å². The van der Waals surface area contributed by atoms with Crippen molar-refractivity contribution in [1.82, 2.24) is 0 Å². The summed E-state index contributed by atoms with van der Waals surface area (Å²) >= 11 is 0. The molecule has 1 N–H and O–H groups in total. The Hall–Kier alpha value is -3.08. The summed E-state index contributed by atoms with van der Waals surface area (Å²) in [5.74, 6) is 0.608. The first-order valence-corrected chi connectivity index (χ1v) is 6.65. The number of benzene rings is 2. The van der Waals surface area contributed by atoms with Gasteiger partial charge in [-0.3, -0.25) is 4.79 Å². The Morgan fingerprint density at radius 2 is 1.82 bits per heavy atom. The summed E-state index contributed by atoms with van der Waals surface area (Å²) in [6, 6.07) is 14.3. The van der Waals surface area contributed by atoms with E-state index in [0.29, 0.717) is 34.4 Å². The lowest BCUT2D eigenvalue weighted by Crippen LogP contribution is -2.11. The number of rotatable bonds is 4. The molecule has 5 nitrogen and oxygen atoms in total. The van der Waals surface area contributed by atoms with E-state index in [1.54, 1.807) is 37.4 Å². The van der Waals surface area contributed by atoms with Crippen LogP contribution in [0, 0.1) is 0 Å². The Bertz CT molecular complexity index is 899. The number of ether oxygens (including phenoxy) is 1. The molecule has 0 saturated heterocycles. The highest BCUT2D eigenvalue weighted by Crippen LogP contribution is 2.31. The highest BCUT2D eigenvalue weighted by molar-refractivity contribution is 6.00. The standard InChI is InChI=1S/C17H13NO4/c1-21-15-9-5-3-7-13(15)18-16-11-6-2-4-8-14(11)22-17(20)12(16)10-19/h2-10,18H,1H3. The van der Waals surface area contributed by atoms with Crippen molar-refractivity contribution in [1.29, 1.82) is 0 Å². The molecule has 2 aromatic carbocycles. The normalized spacial score (nSPS) is 10.4. The average Bonchev–Trinajstić information content (AvgIpc) is 2.55. The van der Waals surface area contributed by atoms with Crippen LogP contribution in [0.5, 0.6) is 5.75 Å². The van der Waals surface area contributed by atoms with Crippen LogP contribution in [0.4, 0.5) is 11.4 Å². The van der Waals surface area contributed by atoms with E-state index in [-0.39, 0.29) is 5.56 Å². The lowest BCUT2D eigenvalue weighted by Gasteiger charge is -2.13. The molecule has 110 valence electrons. The van der Waals surface area contributed by atoms with Crippen molar-refractivity contribution in [3.05, 3.63) is 64.5 Å². The Labute approximate surface area is 126 Å². The van der Waals surface area contributed by atoms with Crippen LogP contribution in [-0.2, 0) is 0 Å². The average molecular weight is 295 g/mol. The first-order chi connectivity index (χ1) is 10.7. The summed E-state index contributed by atoms with van der Waals surface area (Å²) in [6.45, 7) is 0. The number of fused-ring (bicyclic) bond motifs is 1. The van der Waals surface area contributed by atoms with Crippen molar-refractivity contribution in [3.63, 3.8) is 0 Å². The van der Waals surface area contributed by atoms with Crippen LogP contribution >= 0.6 is 0 Å². The number of hydrogen-bond donors (Lipinski definition) is 1. The minimum Gasteiger partial charge on any atom is -0.495 e. The van der Waals surface area contributed by atoms with Gasteiger partial charge in [0.25, 0.3) is 0 Å². The molecule has 1 aromatic heterocycles. The van der Waals surface area contributed by atoms with Crippen LogP contribution in [0.2, 0.25) is 0 Å². The molecule has 0 aliphatic carbocycles. The Morgan fingerprint density at radius 1 is 1.09 bits per heavy atom. The molecule has 0 amide bonds. The minimum absolute atomic E-state index is 0.0513. The van der Waals surface area contributed by atoms with Gasteiger partial charge in [0.15, 0.2) is 6.29 Å². The van der Waals surface area contributed by atoms with Gasteiger partial charge in [0.1, 0.15) is 16.9 Å². The topological polar surface area (TPSA) is 68.5 Å². The van der Waals surface area contributed by atoms with Crippen molar-refractivity contribution in [3.8, 4) is 5.75 Å². The summed E-state index contributed by atoms with van der Waals surface area (Å²) in [4.78, 5) is 23.3. The second-order valence-corrected chi connectivity index (χ2v) is 4.62. The molecule has 3 rings (SSSR count). The first-order valence-electron chi connectivity index (χ1n) is 6.65. The van der Waals surface area contributed by atoms with Crippen molar-refractivity contribution in [2.45, 2.75) is 0 Å². The second-order valence-electron chi connectivity index (χ2n) is 4.62. The number of methoxy groups -OCH3 is 1. The molecule has 0 unspecified atom stereocenters. The molecule has 3 aromatic rings. The third kappa shape index (κ3) is 2.33. The number of nitrogens with one attached hydrogen (secondary N) is 1. The van der Waals surface area contributed by atoms with Gasteiger partial charge in [-0.25, -0.2) is 4.79 Å². The van der Waals surface area contributed by atoms with Crippen molar-refractivity contribution in [2.75, 3.05) is 12.4 Å². The van der Waals surface area contributed by atoms with Gasteiger partial charge in [0.05, 0.1) is 18.5 Å². The maximum absolute atomic E-state index is 12.0. The lowest BCUT2D eigenvalue weighted by atomic mass is 10.1. The van der Waals surface area contributed by atoms with Gasteiger partial charge < -0.3 is 14.5 Å². The van der Waals surface area contributed by atoms with Crippen molar-refractivity contribution >= 4 is 28.6 Å². The van der Waals surface area contributed by atoms with Crippen molar-refractivity contribution < 1.29 is 13.9 Å². The fraction of sp³-hybridized carbons (Fsp3) is 0.0588. The van der Waals surface area contributed by atoms with Crippen LogP contribution in [0.3, 0.4) is 0 Å². The zero-order chi connectivity index (χ0) is 15.5. The van der Waals surface area contributed by atoms with E-state index in [9.17, 15) is 9.59 Å². The molecular formula is C17H13NO4. The third-order valence-corrected chi connectivity index (χ3v) is 3.33. The molecule has 22 heavy (non-hydrogen) atoms. The van der Waals surface area contributed by atoms with Gasteiger partial charge >= 0.3 is 5.63 Å². The molecule has 0 spiro atoms. The molecule has 0 fully saturated rings. The Kier molecular flexibility index (Phi) is 3.62. The molecule has 0 aliphatic rings. The highest BCUT2D eigenvalue weighted by atomic mass is 16.5. The number of carbonyl (C=O) groups excluding carboxylic acids is 1. The van der Waals surface area contributed by atoms with Crippen LogP contribution in [0.25, 0.3) is 11.0 Å². The molecule has 0 atom stereocenters. The summed E-state index contributed by atoms with van der Waals surface area (Å²) in [5.41, 5.74) is 0.751. The van der Waals surface area contributed by atoms with Gasteiger partial charge in [-0.2, -0.15) is 0 Å². The SMILES string of the molecule is COc1ccccc1Nc1c(C=O)c(=O)oc2ccccc12. The predicted molar refractivity (Wildman–Crippen MR) is 84.1 cm³/mol. The highest BCUT2D eigenvalue weighted by Gasteiger charge is 2.15. The molecule has 0 aliphatic heterocycles. The third-order valence-electron chi connectivity index (χ3n) is 3.33. The molecule has 0 radical (unpaired) electrons. The van der Waals surface area contributed by atoms with Crippen LogP contribution in [0.15, 0.2) is 57.7 Å². The molecular weight excluding hydrogens is 282 g/mol. The Balaban J connectivity index is 2.25. The number of aldehydes is 1. The zero-order valence-electron chi connectivity index (χ0n) is 11.8. The second kappa shape index (κ2) is 5.73. The number of hydrogen-bond acceptors (Lipinski definition) is 5. The van der Waals surface area contributed by atoms with E-state index in [1.807, 2.05) is 18.2 Å². The molecule has 5 heteroatoms. The first kappa shape index (κ1) is 13.9. The zero-order valence-corrected chi connectivity index (χ0v) is 11.8. The fourth-order valence-corrected chi connectivity index (χ4v) is 2.29. The van der Waals surface area contributed by atoms with Crippen LogP contribution < -0.4 is 15.7 Å². The van der Waals surface area contributed by atoms with E-state index in [4.69, 9.17) is 9.15 Å². The molecule has 0 saturated carbocycles. The van der Waals surface area contributed by atoms with Gasteiger partial charge in [-0.15, -0.1) is 0 Å². The quantitative estimate of drug-likeness (QED) is 0.590. The van der Waals surface area contributed by atoms with Gasteiger partial charge in [-0.1, -0.05) is 24.3 Å². The number of para-hydroxylation sites is 3. The summed E-state index contributed by atoms with van der Waals surface area (Å²) in [7, 11) is 1.55. The summed E-state index contributed by atoms with van der Waals surface area (Å²) < 4.78 is 10.4. The molecule has 0 bridgehead atoms. The maximum Gasteiger partial charge on any atom is 0.349 e. The van der Waals surface area contributed by atoms with E-state index < -0.39 is 5.63 Å². The van der Waals surface area contributed by atoms with Gasteiger partial charge in [0.2, 0.25) is 0 Å². The fourth-order valence-electron chi connectivity index (χ4n) is 2.29. The predicted octanol–water partition coefficient (Wildman–Crippen LogP) is 3.36. The van der Waals surface area contributed by atoms with E-state index in [1.165, 1.54) is 0 Å². The largest absolute Gasteiger partial charge is 0.495 e. The van der Waals surface area contributed by atoms with E-state index in [0.717, 1.165) is 0 Å². The van der Waals surface area contributed by atoms with Gasteiger partial charge in [-0.05, 0) is 24.3 Å². The number of anilines is 2. The number of carbonyl (C=O) groups is 1. The van der Waals surface area contributed by atoms with Crippen LogP contribution in [-0.4, -0.2) is 13.4 Å². The minimum atomic E-state index is -0.675. The maximum atomic E-state index is 12.0. The van der Waals surface area contributed by atoms with E-state index in [2.05, 4.69) is 5.32 Å². The smallest absolute Gasteiger partial charge is 0.349 e. The lowest BCUT2D eigenvalue weighted by molar-refractivity contribution is 0.112. The van der Waals surface area contributed by atoms with Crippen molar-refractivity contribution in [2.24, 2.45) is 0 Å². The summed E-state index contributed by atoms with van der Waals surface area (Å²) in [5, 5.41) is 3.76. The Morgan fingerprint density at radius 3 is 2.59 bits per heavy atom. The van der Waals surface area contributed by atoms with Crippen LogP contribution in [0.1, 0.15) is 10.4 Å².